The Bertz CT molecular complexity index is 763. The fourth-order valence-electron chi connectivity index (χ4n) is 3.02. The number of aromatic nitrogens is 2. The third-order valence-electron chi connectivity index (χ3n) is 4.17. The number of nitrogens with zero attached hydrogens (tertiary/aromatic N) is 2. The number of carbonyl (C=O) groups excluding carboxylic acids is 1. The number of carbonyl (C=O) groups is 1. The predicted molar refractivity (Wildman–Crippen MR) is 83.8 cm³/mol. The van der Waals surface area contributed by atoms with Crippen molar-refractivity contribution in [3.63, 3.8) is 0 Å². The molecule has 0 radical (unpaired) electrons. The van der Waals surface area contributed by atoms with Gasteiger partial charge in [-0.15, -0.1) is 0 Å². The normalized spacial score (nSPS) is 20.2. The first-order valence-electron chi connectivity index (χ1n) is 7.52. The molecule has 24 heavy (non-hydrogen) atoms. The van der Waals surface area contributed by atoms with Crippen LogP contribution in [0.3, 0.4) is 0 Å². The van der Waals surface area contributed by atoms with Crippen LogP contribution in [0.5, 0.6) is 5.75 Å². The highest BCUT2D eigenvalue weighted by molar-refractivity contribution is 5.95. The van der Waals surface area contributed by atoms with E-state index in [1.165, 1.54) is 7.11 Å². The summed E-state index contributed by atoms with van der Waals surface area (Å²) in [4.78, 5) is 12.6. The summed E-state index contributed by atoms with van der Waals surface area (Å²) in [5.41, 5.74) is 0.928. The van der Waals surface area contributed by atoms with Crippen LogP contribution in [-0.4, -0.2) is 35.9 Å². The van der Waals surface area contributed by atoms with Gasteiger partial charge in [-0.1, -0.05) is 0 Å². The highest BCUT2D eigenvalue weighted by atomic mass is 19.1. The second-order valence-corrected chi connectivity index (χ2v) is 5.78. The van der Waals surface area contributed by atoms with E-state index in [2.05, 4.69) is 15.7 Å². The molecule has 6 nitrogen and oxygen atoms in total. The molecule has 1 saturated heterocycles. The number of rotatable bonds is 4. The van der Waals surface area contributed by atoms with Gasteiger partial charge in [0.05, 0.1) is 24.9 Å². The van der Waals surface area contributed by atoms with Crippen molar-refractivity contribution in [2.45, 2.75) is 5.92 Å². The maximum Gasteiger partial charge on any atom is 0.229 e. The third kappa shape index (κ3) is 3.09. The van der Waals surface area contributed by atoms with Gasteiger partial charge >= 0.3 is 0 Å². The van der Waals surface area contributed by atoms with Crippen LogP contribution in [0, 0.1) is 17.6 Å². The van der Waals surface area contributed by atoms with Crippen molar-refractivity contribution < 1.29 is 18.3 Å². The highest BCUT2D eigenvalue weighted by Gasteiger charge is 2.35. The van der Waals surface area contributed by atoms with Crippen LogP contribution in [0.1, 0.15) is 11.5 Å². The molecule has 1 aromatic carbocycles. The van der Waals surface area contributed by atoms with Crippen LogP contribution in [-0.2, 0) is 11.8 Å². The second-order valence-electron chi connectivity index (χ2n) is 5.78. The zero-order chi connectivity index (χ0) is 17.3. The van der Waals surface area contributed by atoms with Crippen molar-refractivity contribution >= 4 is 11.6 Å². The van der Waals surface area contributed by atoms with Gasteiger partial charge in [0.25, 0.3) is 0 Å². The van der Waals surface area contributed by atoms with Gasteiger partial charge in [-0.05, 0) is 5.56 Å². The summed E-state index contributed by atoms with van der Waals surface area (Å²) in [6.07, 6.45) is 3.58. The summed E-state index contributed by atoms with van der Waals surface area (Å²) in [5.74, 6) is -2.57. The van der Waals surface area contributed by atoms with Crippen LogP contribution in [0.15, 0.2) is 24.5 Å². The van der Waals surface area contributed by atoms with Gasteiger partial charge in [-0.25, -0.2) is 8.78 Å². The number of halogens is 2. The van der Waals surface area contributed by atoms with Crippen LogP contribution in [0.25, 0.3) is 0 Å². The van der Waals surface area contributed by atoms with Gasteiger partial charge in [0.1, 0.15) is 5.82 Å². The number of amides is 1. The summed E-state index contributed by atoms with van der Waals surface area (Å²) < 4.78 is 33.8. The lowest BCUT2D eigenvalue weighted by atomic mass is 9.90. The Hall–Kier alpha value is -2.48. The fourth-order valence-corrected chi connectivity index (χ4v) is 3.02. The molecule has 128 valence electrons. The summed E-state index contributed by atoms with van der Waals surface area (Å²) >= 11 is 0. The lowest BCUT2D eigenvalue weighted by Gasteiger charge is -2.18. The average Bonchev–Trinajstić information content (AvgIpc) is 3.15. The van der Waals surface area contributed by atoms with Gasteiger partial charge in [-0.3, -0.25) is 9.48 Å². The molecule has 2 N–H and O–H groups in total. The Balaban J connectivity index is 1.82. The minimum Gasteiger partial charge on any atom is -0.492 e. The molecule has 2 atom stereocenters. The van der Waals surface area contributed by atoms with Crippen LogP contribution in [0.2, 0.25) is 0 Å². The minimum atomic E-state index is -0.860. The highest BCUT2D eigenvalue weighted by Crippen LogP contribution is 2.32. The van der Waals surface area contributed by atoms with Crippen LogP contribution >= 0.6 is 0 Å². The topological polar surface area (TPSA) is 68.2 Å². The summed E-state index contributed by atoms with van der Waals surface area (Å²) in [6, 6.07) is 1.76. The van der Waals surface area contributed by atoms with E-state index in [-0.39, 0.29) is 29.2 Å². The van der Waals surface area contributed by atoms with Gasteiger partial charge in [0.2, 0.25) is 5.91 Å². The molecule has 1 aliphatic heterocycles. The molecule has 3 rings (SSSR count). The molecule has 8 heteroatoms. The Morgan fingerprint density at radius 3 is 2.88 bits per heavy atom. The van der Waals surface area contributed by atoms with E-state index in [0.29, 0.717) is 19.2 Å². The number of hydrogen-bond donors (Lipinski definition) is 2. The number of methoxy groups -OCH3 is 1. The van der Waals surface area contributed by atoms with Crippen molar-refractivity contribution in [3.8, 4) is 5.75 Å². The first-order chi connectivity index (χ1) is 11.5. The SMILES string of the molecule is COc1c(F)cc(F)cc1NC(=O)[C@H]1CNC[C@@H]1c1cnn(C)c1. The van der Waals surface area contributed by atoms with Gasteiger partial charge in [-0.2, -0.15) is 5.10 Å². The van der Waals surface area contributed by atoms with Crippen LogP contribution in [0.4, 0.5) is 14.5 Å². The maximum absolute atomic E-state index is 13.7. The Kier molecular flexibility index (Phi) is 4.48. The van der Waals surface area contributed by atoms with E-state index in [0.717, 1.165) is 11.6 Å². The molecule has 0 unspecified atom stereocenters. The fraction of sp³-hybridized carbons (Fsp3) is 0.375. The van der Waals surface area contributed by atoms with E-state index < -0.39 is 11.6 Å². The standard InChI is InChI=1S/C16H18F2N4O2/c1-22-8-9(5-20-22)11-6-19-7-12(11)16(23)21-14-4-10(17)3-13(18)15(14)24-2/h3-5,8,11-12,19H,6-7H2,1-2H3,(H,21,23)/t11-,12+/m1/s1. The van der Waals surface area contributed by atoms with Crippen molar-refractivity contribution in [1.82, 2.24) is 15.1 Å². The Labute approximate surface area is 137 Å². The molecule has 2 heterocycles. The Morgan fingerprint density at radius 2 is 2.21 bits per heavy atom. The van der Waals surface area contributed by atoms with Gasteiger partial charge in [0, 0.05) is 44.4 Å². The van der Waals surface area contributed by atoms with E-state index in [1.54, 1.807) is 17.9 Å². The quantitative estimate of drug-likeness (QED) is 0.891. The molecular weight excluding hydrogens is 318 g/mol. The number of benzene rings is 1. The number of nitrogens with one attached hydrogen (secondary N) is 2. The smallest absolute Gasteiger partial charge is 0.229 e. The number of aryl methyl sites for hydroxylation is 1. The van der Waals surface area contributed by atoms with E-state index in [1.807, 2.05) is 6.20 Å². The first-order valence-corrected chi connectivity index (χ1v) is 7.52. The molecule has 0 bridgehead atoms. The van der Waals surface area contributed by atoms with Crippen molar-refractivity contribution in [1.29, 1.82) is 0 Å². The van der Waals surface area contributed by atoms with Crippen molar-refractivity contribution in [2.75, 3.05) is 25.5 Å². The molecule has 0 saturated carbocycles. The maximum atomic E-state index is 13.7. The zero-order valence-corrected chi connectivity index (χ0v) is 13.3. The average molecular weight is 336 g/mol. The minimum absolute atomic E-state index is 0.0168. The van der Waals surface area contributed by atoms with E-state index in [4.69, 9.17) is 4.74 Å². The van der Waals surface area contributed by atoms with Gasteiger partial charge < -0.3 is 15.4 Å². The summed E-state index contributed by atoms with van der Waals surface area (Å²) in [6.45, 7) is 1.12. The summed E-state index contributed by atoms with van der Waals surface area (Å²) in [7, 11) is 3.07. The lowest BCUT2D eigenvalue weighted by molar-refractivity contribution is -0.119. The van der Waals surface area contributed by atoms with E-state index >= 15 is 0 Å². The monoisotopic (exact) mass is 336 g/mol. The predicted octanol–water partition coefficient (Wildman–Crippen LogP) is 1.65. The van der Waals surface area contributed by atoms with E-state index in [9.17, 15) is 13.6 Å². The summed E-state index contributed by atoms with van der Waals surface area (Å²) in [5, 5.41) is 9.88. The van der Waals surface area contributed by atoms with Crippen LogP contribution < -0.4 is 15.4 Å². The molecule has 0 aliphatic carbocycles. The lowest BCUT2D eigenvalue weighted by Crippen LogP contribution is -2.28. The molecular formula is C16H18F2N4O2. The number of hydrogen-bond acceptors (Lipinski definition) is 4. The number of anilines is 1. The number of ether oxygens (including phenoxy) is 1. The molecule has 2 aromatic rings. The zero-order valence-electron chi connectivity index (χ0n) is 13.3. The molecule has 0 spiro atoms. The third-order valence-corrected chi connectivity index (χ3v) is 4.17. The molecule has 1 aliphatic rings. The molecule has 1 amide bonds. The molecule has 1 aromatic heterocycles. The Morgan fingerprint density at radius 1 is 1.42 bits per heavy atom. The largest absolute Gasteiger partial charge is 0.492 e. The molecule has 1 fully saturated rings. The first kappa shape index (κ1) is 16.4. The van der Waals surface area contributed by atoms with Crippen molar-refractivity contribution in [3.05, 3.63) is 41.7 Å². The second kappa shape index (κ2) is 6.56. The van der Waals surface area contributed by atoms with Crippen molar-refractivity contribution in [2.24, 2.45) is 13.0 Å². The van der Waals surface area contributed by atoms with Gasteiger partial charge in [0.15, 0.2) is 11.6 Å².